The molecule has 0 aliphatic rings. The Morgan fingerprint density at radius 1 is 0.909 bits per heavy atom. The van der Waals surface area contributed by atoms with E-state index >= 15 is 0 Å². The zero-order chi connectivity index (χ0) is 24.5. The Hall–Kier alpha value is -3.30. The number of carbonyl (C=O) groups excluding carboxylic acids is 1. The second-order valence-corrected chi connectivity index (χ2v) is 7.31. The predicted molar refractivity (Wildman–Crippen MR) is 147 cm³/mol. The van der Waals surface area contributed by atoms with Crippen molar-refractivity contribution in [3.05, 3.63) is 121 Å². The van der Waals surface area contributed by atoms with Gasteiger partial charge in [0.05, 0.1) is 12.4 Å². The molecule has 1 atom stereocenters. The molecule has 0 aromatic heterocycles. The van der Waals surface area contributed by atoms with Crippen LogP contribution in [-0.2, 0) is 11.2 Å². The van der Waals surface area contributed by atoms with Crippen molar-refractivity contribution in [1.82, 2.24) is 0 Å². The number of rotatable bonds is 8. The molecule has 0 spiro atoms. The topological polar surface area (TPSA) is 26.3 Å². The molecule has 2 nitrogen and oxygen atoms in total. The number of ketones is 1. The zero-order valence-corrected chi connectivity index (χ0v) is 20.7. The highest BCUT2D eigenvalue weighted by atomic mass is 32.1. The van der Waals surface area contributed by atoms with Crippen LogP contribution in [0.2, 0.25) is 0 Å². The number of ether oxygens (including phenoxy) is 1. The van der Waals surface area contributed by atoms with Crippen molar-refractivity contribution >= 4 is 24.5 Å². The van der Waals surface area contributed by atoms with E-state index in [2.05, 4.69) is 74.3 Å². The first-order valence-electron chi connectivity index (χ1n) is 11.0. The normalized spacial score (nSPS) is 10.7. The summed E-state index contributed by atoms with van der Waals surface area (Å²) in [6.07, 6.45) is 7.68. The Balaban J connectivity index is 0.000000308. The van der Waals surface area contributed by atoms with Gasteiger partial charge in [-0.1, -0.05) is 111 Å². The molecule has 172 valence electrons. The van der Waals surface area contributed by atoms with Gasteiger partial charge in [0.15, 0.2) is 5.78 Å². The molecular weight excluding hydrogens is 424 g/mol. The molecule has 0 saturated heterocycles. The molecule has 0 bridgehead atoms. The Morgan fingerprint density at radius 2 is 1.48 bits per heavy atom. The number of allylic oxidation sites excluding steroid dienone is 2. The predicted octanol–water partition coefficient (Wildman–Crippen LogP) is 7.87. The summed E-state index contributed by atoms with van der Waals surface area (Å²) in [5, 5.41) is -0.382. The smallest absolute Gasteiger partial charge is 0.153 e. The minimum absolute atomic E-state index is 0.0542. The van der Waals surface area contributed by atoms with Gasteiger partial charge in [-0.05, 0) is 34.4 Å². The number of benzene rings is 3. The Bertz CT molecular complexity index is 988. The highest BCUT2D eigenvalue weighted by Gasteiger charge is 2.10. The third-order valence-corrected chi connectivity index (χ3v) is 5.03. The average molecular weight is 459 g/mol. The molecule has 3 heteroatoms. The summed E-state index contributed by atoms with van der Waals surface area (Å²) < 4.78 is 5.03. The maximum Gasteiger partial charge on any atom is 0.153 e. The standard InChI is InChI=1S/C16H14.C12H14O2S.C2H6/c1-2-3-7-14-10-12-16(13-11-14)15-8-5-4-6-9-15;1-3-12(15)11(13)8-9-4-6-10(14-2)7-5-9;1-2/h2-13H,1H2;3-7,12,15H,1,8H2,2H3;1-2H3/b7-3+;;. The first kappa shape index (κ1) is 27.7. The summed E-state index contributed by atoms with van der Waals surface area (Å²) in [6.45, 7) is 11.2. The highest BCUT2D eigenvalue weighted by Crippen LogP contribution is 2.19. The van der Waals surface area contributed by atoms with E-state index in [4.69, 9.17) is 4.74 Å². The molecule has 0 aliphatic heterocycles. The number of hydrogen-bond donors (Lipinski definition) is 1. The quantitative estimate of drug-likeness (QED) is 0.211. The third kappa shape index (κ3) is 10.2. The van der Waals surface area contributed by atoms with E-state index in [0.29, 0.717) is 6.42 Å². The maximum atomic E-state index is 11.5. The van der Waals surface area contributed by atoms with Crippen molar-refractivity contribution in [2.45, 2.75) is 25.5 Å². The monoisotopic (exact) mass is 458 g/mol. The van der Waals surface area contributed by atoms with Crippen molar-refractivity contribution in [3.8, 4) is 16.9 Å². The summed E-state index contributed by atoms with van der Waals surface area (Å²) in [5.74, 6) is 0.843. The fourth-order valence-corrected chi connectivity index (χ4v) is 2.87. The van der Waals surface area contributed by atoms with Crippen LogP contribution in [0.15, 0.2) is 110 Å². The summed E-state index contributed by atoms with van der Waals surface area (Å²) >= 11 is 4.10. The van der Waals surface area contributed by atoms with E-state index in [9.17, 15) is 4.79 Å². The van der Waals surface area contributed by atoms with Crippen molar-refractivity contribution in [2.75, 3.05) is 7.11 Å². The van der Waals surface area contributed by atoms with Gasteiger partial charge in [-0.25, -0.2) is 0 Å². The zero-order valence-electron chi connectivity index (χ0n) is 19.8. The number of Topliss-reactive ketones (excluding diaryl/α,β-unsaturated/α-hetero) is 1. The van der Waals surface area contributed by atoms with Crippen molar-refractivity contribution in [2.24, 2.45) is 0 Å². The highest BCUT2D eigenvalue weighted by molar-refractivity contribution is 7.82. The van der Waals surface area contributed by atoms with Gasteiger partial charge in [-0.3, -0.25) is 4.79 Å². The van der Waals surface area contributed by atoms with Crippen LogP contribution >= 0.6 is 12.6 Å². The van der Waals surface area contributed by atoms with Crippen LogP contribution in [0, 0.1) is 0 Å². The lowest BCUT2D eigenvalue weighted by atomic mass is 10.0. The summed E-state index contributed by atoms with van der Waals surface area (Å²) in [6, 6.07) is 26.3. The average Bonchev–Trinajstić information content (AvgIpc) is 2.89. The Morgan fingerprint density at radius 3 is 2.00 bits per heavy atom. The van der Waals surface area contributed by atoms with Crippen molar-refractivity contribution < 1.29 is 9.53 Å². The largest absolute Gasteiger partial charge is 0.497 e. The van der Waals surface area contributed by atoms with Crippen LogP contribution in [-0.4, -0.2) is 18.1 Å². The van der Waals surface area contributed by atoms with E-state index in [1.807, 2.05) is 56.3 Å². The number of carbonyl (C=O) groups is 1. The van der Waals surface area contributed by atoms with Crippen LogP contribution in [0.4, 0.5) is 0 Å². The van der Waals surface area contributed by atoms with Gasteiger partial charge in [0.2, 0.25) is 0 Å². The second kappa shape index (κ2) is 16.3. The second-order valence-electron chi connectivity index (χ2n) is 6.75. The summed E-state index contributed by atoms with van der Waals surface area (Å²) in [5.41, 5.74) is 4.65. The van der Waals surface area contributed by atoms with Crippen LogP contribution < -0.4 is 4.74 Å². The molecule has 0 radical (unpaired) electrons. The summed E-state index contributed by atoms with van der Waals surface area (Å²) in [4.78, 5) is 11.5. The minimum atomic E-state index is -0.382. The fourth-order valence-electron chi connectivity index (χ4n) is 2.78. The lowest BCUT2D eigenvalue weighted by molar-refractivity contribution is -0.117. The maximum absolute atomic E-state index is 11.5. The van der Waals surface area contributed by atoms with Crippen molar-refractivity contribution in [1.29, 1.82) is 0 Å². The number of thiol groups is 1. The van der Waals surface area contributed by atoms with Gasteiger partial charge >= 0.3 is 0 Å². The van der Waals surface area contributed by atoms with Gasteiger partial charge in [-0.15, -0.1) is 6.58 Å². The van der Waals surface area contributed by atoms with Crippen LogP contribution in [0.3, 0.4) is 0 Å². The molecular formula is C30H34O2S. The van der Waals surface area contributed by atoms with Gasteiger partial charge in [0.25, 0.3) is 0 Å². The molecule has 0 heterocycles. The lowest BCUT2D eigenvalue weighted by Crippen LogP contribution is -2.14. The van der Waals surface area contributed by atoms with Crippen LogP contribution in [0.1, 0.15) is 25.0 Å². The number of hydrogen-bond acceptors (Lipinski definition) is 3. The molecule has 0 N–H and O–H groups in total. The van der Waals surface area contributed by atoms with E-state index in [-0.39, 0.29) is 11.0 Å². The van der Waals surface area contributed by atoms with E-state index in [1.54, 1.807) is 13.2 Å². The molecule has 33 heavy (non-hydrogen) atoms. The number of methoxy groups -OCH3 is 1. The van der Waals surface area contributed by atoms with Gasteiger partial charge in [0.1, 0.15) is 5.75 Å². The molecule has 1 unspecified atom stereocenters. The molecule has 0 aliphatic carbocycles. The molecule has 3 rings (SSSR count). The molecule has 3 aromatic carbocycles. The molecule has 0 fully saturated rings. The van der Waals surface area contributed by atoms with E-state index in [1.165, 1.54) is 22.8 Å². The molecule has 0 saturated carbocycles. The van der Waals surface area contributed by atoms with Gasteiger partial charge < -0.3 is 4.74 Å². The fraction of sp³-hybridized carbons (Fsp3) is 0.167. The van der Waals surface area contributed by atoms with Crippen molar-refractivity contribution in [3.63, 3.8) is 0 Å². The SMILES string of the molecule is C=C/C=C/c1ccc(-c2ccccc2)cc1.C=CC(S)C(=O)Cc1ccc(OC)cc1.CC. The molecule has 3 aromatic rings. The Labute approximate surface area is 204 Å². The Kier molecular flexibility index (Phi) is 13.7. The summed E-state index contributed by atoms with van der Waals surface area (Å²) in [7, 11) is 1.61. The van der Waals surface area contributed by atoms with E-state index in [0.717, 1.165) is 11.3 Å². The minimum Gasteiger partial charge on any atom is -0.497 e. The lowest BCUT2D eigenvalue weighted by Gasteiger charge is -2.05. The first-order valence-corrected chi connectivity index (χ1v) is 11.5. The first-order chi connectivity index (χ1) is 16.1. The molecule has 0 amide bonds. The third-order valence-electron chi connectivity index (χ3n) is 4.53. The van der Waals surface area contributed by atoms with Gasteiger partial charge in [-0.2, -0.15) is 12.6 Å². The van der Waals surface area contributed by atoms with Gasteiger partial charge in [0, 0.05) is 6.42 Å². The van der Waals surface area contributed by atoms with Crippen LogP contribution in [0.5, 0.6) is 5.75 Å². The van der Waals surface area contributed by atoms with E-state index < -0.39 is 0 Å². The van der Waals surface area contributed by atoms with Crippen LogP contribution in [0.25, 0.3) is 17.2 Å².